The summed E-state index contributed by atoms with van der Waals surface area (Å²) in [6.45, 7) is 1.18. The van der Waals surface area contributed by atoms with E-state index in [9.17, 15) is 4.39 Å². The minimum Gasteiger partial charge on any atom is -0.211 e. The van der Waals surface area contributed by atoms with Crippen LogP contribution in [0.15, 0.2) is 23.0 Å². The summed E-state index contributed by atoms with van der Waals surface area (Å²) < 4.78 is 12.5. The lowest BCUT2D eigenvalue weighted by Gasteiger charge is -1.90. The minimum absolute atomic E-state index is 0.106. The van der Waals surface area contributed by atoms with Crippen LogP contribution >= 0.6 is 15.9 Å². The Morgan fingerprint density at radius 2 is 2.08 bits per heavy atom. The van der Waals surface area contributed by atoms with Crippen LogP contribution in [0.1, 0.15) is 6.92 Å². The van der Waals surface area contributed by atoms with Crippen LogP contribution in [0.4, 0.5) is 4.39 Å². The van der Waals surface area contributed by atoms with Crippen LogP contribution in [-0.4, -0.2) is 5.33 Å². The summed E-state index contributed by atoms with van der Waals surface area (Å²) in [5.74, 6) is -0.578. The summed E-state index contributed by atoms with van der Waals surface area (Å²) in [6, 6.07) is 3.49. The molecule has 0 aromatic heterocycles. The molecule has 0 rings (SSSR count). The Labute approximate surface area is 78.7 Å². The number of halogens is 2. The molecule has 0 aliphatic carbocycles. The predicted molar refractivity (Wildman–Crippen MR) is 46.9 cm³/mol. The summed E-state index contributed by atoms with van der Waals surface area (Å²) in [4.78, 5) is 0. The second-order valence-corrected chi connectivity index (χ2v) is 2.53. The normalized spacial score (nSPS) is 12.9. The van der Waals surface area contributed by atoms with Gasteiger partial charge in [-0.15, -0.1) is 0 Å². The number of nitriles is 2. The molecule has 0 saturated carbocycles. The average molecular weight is 229 g/mol. The lowest BCUT2D eigenvalue weighted by atomic mass is 10.2. The lowest BCUT2D eigenvalue weighted by Crippen LogP contribution is -1.83. The maximum absolute atomic E-state index is 12.5. The largest absolute Gasteiger partial charge is 0.211 e. The minimum atomic E-state index is -0.578. The Morgan fingerprint density at radius 1 is 1.50 bits per heavy atom. The van der Waals surface area contributed by atoms with Gasteiger partial charge in [-0.3, -0.25) is 0 Å². The van der Waals surface area contributed by atoms with E-state index < -0.39 is 5.83 Å². The molecule has 0 unspecified atom stereocenters. The zero-order chi connectivity index (χ0) is 9.56. The molecule has 0 amide bonds. The molecule has 0 bridgehead atoms. The quantitative estimate of drug-likeness (QED) is 0.415. The first-order valence-corrected chi connectivity index (χ1v) is 4.21. The monoisotopic (exact) mass is 228 g/mol. The van der Waals surface area contributed by atoms with Crippen molar-refractivity contribution in [2.24, 2.45) is 0 Å². The Bertz CT molecular complexity index is 300. The summed E-state index contributed by atoms with van der Waals surface area (Å²) >= 11 is 3.04. The maximum Gasteiger partial charge on any atom is 0.115 e. The molecule has 0 aliphatic heterocycles. The predicted octanol–water partition coefficient (Wildman–Crippen LogP) is 2.60. The fourth-order valence-electron chi connectivity index (χ4n) is 0.484. The van der Waals surface area contributed by atoms with E-state index in [0.717, 1.165) is 0 Å². The zero-order valence-electron chi connectivity index (χ0n) is 6.43. The summed E-state index contributed by atoms with van der Waals surface area (Å²) in [5.41, 5.74) is 0.217. The number of hydrogen-bond acceptors (Lipinski definition) is 2. The molecule has 2 nitrogen and oxygen atoms in total. The molecular formula is C8H6BrFN2. The van der Waals surface area contributed by atoms with E-state index in [1.807, 2.05) is 6.07 Å². The van der Waals surface area contributed by atoms with E-state index in [4.69, 9.17) is 10.5 Å². The van der Waals surface area contributed by atoms with Crippen molar-refractivity contribution in [3.63, 3.8) is 0 Å². The van der Waals surface area contributed by atoms with Gasteiger partial charge in [0.15, 0.2) is 0 Å². The molecule has 0 aliphatic rings. The number of nitrogens with zero attached hydrogens (tertiary/aromatic N) is 2. The highest BCUT2D eigenvalue weighted by atomic mass is 79.9. The smallest absolute Gasteiger partial charge is 0.115 e. The van der Waals surface area contributed by atoms with E-state index in [0.29, 0.717) is 10.9 Å². The third-order valence-electron chi connectivity index (χ3n) is 1.10. The molecular weight excluding hydrogens is 223 g/mol. The van der Waals surface area contributed by atoms with Gasteiger partial charge in [0, 0.05) is 10.9 Å². The van der Waals surface area contributed by atoms with Gasteiger partial charge in [-0.25, -0.2) is 4.39 Å². The third kappa shape index (κ3) is 3.32. The molecule has 0 aromatic rings. The Kier molecular flexibility index (Phi) is 4.99. The van der Waals surface area contributed by atoms with Crippen LogP contribution in [0, 0.1) is 22.7 Å². The SMILES string of the molecule is C/C(F)=C(C#N)\C=C(\C#N)CBr. The van der Waals surface area contributed by atoms with Crippen molar-refractivity contribution in [3.8, 4) is 12.1 Å². The van der Waals surface area contributed by atoms with Gasteiger partial charge in [-0.2, -0.15) is 10.5 Å². The van der Waals surface area contributed by atoms with E-state index in [1.165, 1.54) is 13.0 Å². The molecule has 62 valence electrons. The van der Waals surface area contributed by atoms with Crippen molar-refractivity contribution < 1.29 is 4.39 Å². The first-order chi connectivity index (χ1) is 5.65. The molecule has 0 radical (unpaired) electrons. The molecule has 0 fully saturated rings. The van der Waals surface area contributed by atoms with E-state index in [1.54, 1.807) is 6.07 Å². The molecule has 0 aromatic carbocycles. The van der Waals surface area contributed by atoms with Crippen molar-refractivity contribution in [2.45, 2.75) is 6.92 Å². The molecule has 0 N–H and O–H groups in total. The number of alkyl halides is 1. The van der Waals surface area contributed by atoms with Crippen LogP contribution in [-0.2, 0) is 0 Å². The van der Waals surface area contributed by atoms with Gasteiger partial charge in [0.25, 0.3) is 0 Å². The van der Waals surface area contributed by atoms with Crippen LogP contribution < -0.4 is 0 Å². The number of rotatable bonds is 2. The highest BCUT2D eigenvalue weighted by Gasteiger charge is 1.99. The zero-order valence-corrected chi connectivity index (χ0v) is 8.02. The van der Waals surface area contributed by atoms with E-state index in [2.05, 4.69) is 15.9 Å². The van der Waals surface area contributed by atoms with Crippen molar-refractivity contribution in [2.75, 3.05) is 5.33 Å². The van der Waals surface area contributed by atoms with Gasteiger partial charge in [0.2, 0.25) is 0 Å². The molecule has 4 heteroatoms. The fourth-order valence-corrected chi connectivity index (χ4v) is 0.771. The topological polar surface area (TPSA) is 47.6 Å². The molecule has 0 spiro atoms. The lowest BCUT2D eigenvalue weighted by molar-refractivity contribution is 0.635. The first kappa shape index (κ1) is 10.9. The van der Waals surface area contributed by atoms with Crippen molar-refractivity contribution in [1.82, 2.24) is 0 Å². The second-order valence-electron chi connectivity index (χ2n) is 1.97. The van der Waals surface area contributed by atoms with Crippen LogP contribution in [0.25, 0.3) is 0 Å². The number of allylic oxidation sites excluding steroid dienone is 4. The summed E-state index contributed by atoms with van der Waals surface area (Å²) in [5, 5.41) is 17.2. The third-order valence-corrected chi connectivity index (χ3v) is 1.70. The highest BCUT2D eigenvalue weighted by molar-refractivity contribution is 9.09. The Morgan fingerprint density at radius 3 is 2.33 bits per heavy atom. The van der Waals surface area contributed by atoms with E-state index in [-0.39, 0.29) is 5.57 Å². The van der Waals surface area contributed by atoms with Crippen molar-refractivity contribution in [1.29, 1.82) is 10.5 Å². The van der Waals surface area contributed by atoms with E-state index >= 15 is 0 Å². The average Bonchev–Trinajstić information content (AvgIpc) is 2.06. The van der Waals surface area contributed by atoms with Gasteiger partial charge in [0.05, 0.1) is 11.6 Å². The fraction of sp³-hybridized carbons (Fsp3) is 0.250. The van der Waals surface area contributed by atoms with Gasteiger partial charge < -0.3 is 0 Å². The second kappa shape index (κ2) is 5.51. The van der Waals surface area contributed by atoms with Gasteiger partial charge in [0.1, 0.15) is 11.9 Å². The summed E-state index contributed by atoms with van der Waals surface area (Å²) in [6.07, 6.45) is 1.23. The molecule has 12 heavy (non-hydrogen) atoms. The molecule has 0 saturated heterocycles. The Balaban J connectivity index is 4.88. The summed E-state index contributed by atoms with van der Waals surface area (Å²) in [7, 11) is 0. The number of hydrogen-bond donors (Lipinski definition) is 0. The van der Waals surface area contributed by atoms with Crippen LogP contribution in [0.5, 0.6) is 0 Å². The van der Waals surface area contributed by atoms with Gasteiger partial charge >= 0.3 is 0 Å². The van der Waals surface area contributed by atoms with Gasteiger partial charge in [-0.1, -0.05) is 15.9 Å². The van der Waals surface area contributed by atoms with Crippen LogP contribution in [0.2, 0.25) is 0 Å². The van der Waals surface area contributed by atoms with Crippen molar-refractivity contribution >= 4 is 15.9 Å². The Hall–Kier alpha value is -1.13. The molecule has 0 heterocycles. The standard InChI is InChI=1S/C8H6BrFN2/c1-6(10)8(5-12)2-7(3-9)4-11/h2H,3H2,1H3/b7-2+,8-6-. The first-order valence-electron chi connectivity index (χ1n) is 3.08. The van der Waals surface area contributed by atoms with Crippen molar-refractivity contribution in [3.05, 3.63) is 23.0 Å². The van der Waals surface area contributed by atoms with Crippen LogP contribution in [0.3, 0.4) is 0 Å². The van der Waals surface area contributed by atoms with Gasteiger partial charge in [-0.05, 0) is 13.0 Å². The highest BCUT2D eigenvalue weighted by Crippen LogP contribution is 2.09. The maximum atomic E-state index is 12.5. The molecule has 0 atom stereocenters.